The van der Waals surface area contributed by atoms with Crippen LogP contribution in [-0.4, -0.2) is 42.0 Å². The van der Waals surface area contributed by atoms with Crippen LogP contribution in [0.3, 0.4) is 0 Å². The molecule has 5 heteroatoms. The van der Waals surface area contributed by atoms with Crippen LogP contribution in [-0.2, 0) is 17.6 Å². The highest BCUT2D eigenvalue weighted by atomic mass is 16.2. The van der Waals surface area contributed by atoms with Gasteiger partial charge in [0, 0.05) is 37.8 Å². The van der Waals surface area contributed by atoms with Crippen molar-refractivity contribution in [3.63, 3.8) is 0 Å². The lowest BCUT2D eigenvalue weighted by atomic mass is 9.90. The molecule has 4 aliphatic rings. The molecule has 142 valence electrons. The minimum atomic E-state index is 0.220. The number of aromatic nitrogens is 1. The Kier molecular flexibility index (Phi) is 3.93. The first kappa shape index (κ1) is 17.0. The smallest absolute Gasteiger partial charge is 0.226 e. The maximum atomic E-state index is 12.7. The van der Waals surface area contributed by atoms with Crippen molar-refractivity contribution in [2.45, 2.75) is 63.8 Å². The first-order valence-electron chi connectivity index (χ1n) is 10.6. The molecule has 1 saturated heterocycles. The Bertz CT molecular complexity index is 814. The van der Waals surface area contributed by atoms with E-state index in [1.807, 2.05) is 11.9 Å². The maximum absolute atomic E-state index is 12.7. The average molecular weight is 364 g/mol. The standard InChI is InChI=1S/C22H28N4O/c1-25(17-6-7-17)21(27)18-13-22(18)8-10-26(11-9-22)20-16(14-23)12-15-4-2-3-5-19(15)24-20/h12,17-18H,2-11,13H2,1H3. The van der Waals surface area contributed by atoms with Gasteiger partial charge in [0.25, 0.3) is 0 Å². The molecule has 3 fully saturated rings. The molecule has 1 amide bonds. The Morgan fingerprint density at radius 2 is 2.04 bits per heavy atom. The second kappa shape index (κ2) is 6.22. The van der Waals surface area contributed by atoms with Gasteiger partial charge in [-0.2, -0.15) is 5.26 Å². The zero-order chi connectivity index (χ0) is 18.6. The Morgan fingerprint density at radius 1 is 1.30 bits per heavy atom. The summed E-state index contributed by atoms with van der Waals surface area (Å²) in [6, 6.07) is 4.96. The predicted octanol–water partition coefficient (Wildman–Crippen LogP) is 3.06. The third-order valence-corrected chi connectivity index (χ3v) is 7.39. The molecule has 1 aromatic rings. The number of hydrogen-bond donors (Lipinski definition) is 0. The summed E-state index contributed by atoms with van der Waals surface area (Å²) in [5.74, 6) is 1.49. The number of anilines is 1. The fraction of sp³-hybridized carbons (Fsp3) is 0.682. The second-order valence-corrected chi connectivity index (χ2v) is 9.07. The molecule has 0 radical (unpaired) electrons. The van der Waals surface area contributed by atoms with Gasteiger partial charge in [0.1, 0.15) is 11.9 Å². The van der Waals surface area contributed by atoms with Crippen molar-refractivity contribution >= 4 is 11.7 Å². The molecule has 1 aliphatic heterocycles. The molecule has 2 heterocycles. The van der Waals surface area contributed by atoms with Gasteiger partial charge < -0.3 is 9.80 Å². The van der Waals surface area contributed by atoms with E-state index >= 15 is 0 Å². The number of carbonyl (C=O) groups is 1. The topological polar surface area (TPSA) is 60.2 Å². The van der Waals surface area contributed by atoms with Gasteiger partial charge in [-0.3, -0.25) is 4.79 Å². The summed E-state index contributed by atoms with van der Waals surface area (Å²) in [5, 5.41) is 9.63. The van der Waals surface area contributed by atoms with Gasteiger partial charge in [-0.15, -0.1) is 0 Å². The Balaban J connectivity index is 1.29. The van der Waals surface area contributed by atoms with Crippen molar-refractivity contribution in [3.8, 4) is 6.07 Å². The van der Waals surface area contributed by atoms with Crippen molar-refractivity contribution < 1.29 is 4.79 Å². The van der Waals surface area contributed by atoms with E-state index in [4.69, 9.17) is 4.98 Å². The quantitative estimate of drug-likeness (QED) is 0.827. The van der Waals surface area contributed by atoms with Gasteiger partial charge in [-0.1, -0.05) is 0 Å². The summed E-state index contributed by atoms with van der Waals surface area (Å²) in [5.41, 5.74) is 3.41. The molecule has 1 unspecified atom stereocenters. The van der Waals surface area contributed by atoms with Crippen molar-refractivity contribution in [2.24, 2.45) is 11.3 Å². The largest absolute Gasteiger partial charge is 0.355 e. The Hall–Kier alpha value is -2.09. The van der Waals surface area contributed by atoms with Crippen molar-refractivity contribution in [2.75, 3.05) is 25.0 Å². The summed E-state index contributed by atoms with van der Waals surface area (Å²) in [7, 11) is 1.98. The molecule has 0 bridgehead atoms. The molecule has 1 atom stereocenters. The van der Waals surface area contributed by atoms with Crippen LogP contribution in [0.1, 0.15) is 61.8 Å². The minimum absolute atomic E-state index is 0.220. The van der Waals surface area contributed by atoms with Gasteiger partial charge in [-0.25, -0.2) is 4.98 Å². The summed E-state index contributed by atoms with van der Waals surface area (Å²) in [6.45, 7) is 1.83. The zero-order valence-electron chi connectivity index (χ0n) is 16.2. The molecule has 3 aliphatic carbocycles. The van der Waals surface area contributed by atoms with Crippen LogP contribution in [0.4, 0.5) is 5.82 Å². The fourth-order valence-corrected chi connectivity index (χ4v) is 5.25. The van der Waals surface area contributed by atoms with Crippen molar-refractivity contribution in [1.82, 2.24) is 9.88 Å². The van der Waals surface area contributed by atoms with Crippen LogP contribution < -0.4 is 4.90 Å². The number of carbonyl (C=O) groups excluding carboxylic acids is 1. The van der Waals surface area contributed by atoms with E-state index in [0.717, 1.165) is 56.6 Å². The van der Waals surface area contributed by atoms with E-state index in [0.29, 0.717) is 11.9 Å². The number of nitriles is 1. The summed E-state index contributed by atoms with van der Waals surface area (Å²) in [6.07, 6.45) is 10.0. The van der Waals surface area contributed by atoms with Gasteiger partial charge in [0.15, 0.2) is 0 Å². The van der Waals surface area contributed by atoms with Gasteiger partial charge >= 0.3 is 0 Å². The van der Waals surface area contributed by atoms with Crippen LogP contribution in [0.15, 0.2) is 6.07 Å². The third-order valence-electron chi connectivity index (χ3n) is 7.39. The summed E-state index contributed by atoms with van der Waals surface area (Å²) < 4.78 is 0. The van der Waals surface area contributed by atoms with Gasteiger partial charge in [0.2, 0.25) is 5.91 Å². The molecule has 0 N–H and O–H groups in total. The molecule has 5 nitrogen and oxygen atoms in total. The van der Waals surface area contributed by atoms with E-state index < -0.39 is 0 Å². The fourth-order valence-electron chi connectivity index (χ4n) is 5.25. The highest BCUT2D eigenvalue weighted by Crippen LogP contribution is 2.60. The summed E-state index contributed by atoms with van der Waals surface area (Å²) in [4.78, 5) is 21.9. The molecular formula is C22H28N4O. The van der Waals surface area contributed by atoms with E-state index in [9.17, 15) is 10.1 Å². The van der Waals surface area contributed by atoms with Crippen molar-refractivity contribution in [3.05, 3.63) is 22.9 Å². The molecule has 0 aromatic carbocycles. The summed E-state index contributed by atoms with van der Waals surface area (Å²) >= 11 is 0. The first-order chi connectivity index (χ1) is 13.1. The number of fused-ring (bicyclic) bond motifs is 1. The van der Waals surface area contributed by atoms with Crippen LogP contribution >= 0.6 is 0 Å². The first-order valence-corrected chi connectivity index (χ1v) is 10.6. The van der Waals surface area contributed by atoms with Gasteiger partial charge in [-0.05, 0) is 74.8 Å². The zero-order valence-corrected chi connectivity index (χ0v) is 16.2. The van der Waals surface area contributed by atoms with Crippen molar-refractivity contribution in [1.29, 1.82) is 5.26 Å². The maximum Gasteiger partial charge on any atom is 0.226 e. The molecular weight excluding hydrogens is 336 g/mol. The molecule has 5 rings (SSSR count). The lowest BCUT2D eigenvalue weighted by Crippen LogP contribution is -2.39. The van der Waals surface area contributed by atoms with E-state index in [-0.39, 0.29) is 11.3 Å². The number of piperidine rings is 1. The van der Waals surface area contributed by atoms with E-state index in [1.54, 1.807) is 0 Å². The van der Waals surface area contributed by atoms with Gasteiger partial charge in [0.05, 0.1) is 5.56 Å². The monoisotopic (exact) mass is 364 g/mol. The van der Waals surface area contributed by atoms with E-state index in [2.05, 4.69) is 17.0 Å². The normalized spacial score (nSPS) is 25.6. The van der Waals surface area contributed by atoms with Crippen LogP contribution in [0.5, 0.6) is 0 Å². The highest BCUT2D eigenvalue weighted by Gasteiger charge is 2.59. The van der Waals surface area contributed by atoms with Crippen LogP contribution in [0.25, 0.3) is 0 Å². The van der Waals surface area contributed by atoms with E-state index in [1.165, 1.54) is 36.9 Å². The number of nitrogens with zero attached hydrogens (tertiary/aromatic N) is 4. The number of aryl methyl sites for hydroxylation is 2. The highest BCUT2D eigenvalue weighted by molar-refractivity contribution is 5.83. The number of hydrogen-bond acceptors (Lipinski definition) is 4. The molecule has 1 spiro atoms. The third kappa shape index (κ3) is 2.90. The lowest BCUT2D eigenvalue weighted by molar-refractivity contribution is -0.132. The molecule has 27 heavy (non-hydrogen) atoms. The Labute approximate surface area is 161 Å². The molecule has 1 aromatic heterocycles. The minimum Gasteiger partial charge on any atom is -0.355 e. The average Bonchev–Trinajstić information content (AvgIpc) is 3.63. The predicted molar refractivity (Wildman–Crippen MR) is 103 cm³/mol. The number of pyridine rings is 1. The number of amides is 1. The lowest BCUT2D eigenvalue weighted by Gasteiger charge is -2.35. The van der Waals surface area contributed by atoms with Crippen LogP contribution in [0.2, 0.25) is 0 Å². The molecule has 2 saturated carbocycles. The SMILES string of the molecule is CN(C(=O)C1CC12CCN(c1nc3c(cc1C#N)CCCC3)CC2)C1CC1. The van der Waals surface area contributed by atoms with Crippen LogP contribution in [0, 0.1) is 22.7 Å². The Morgan fingerprint density at radius 3 is 2.74 bits per heavy atom. The second-order valence-electron chi connectivity index (χ2n) is 9.07. The number of rotatable bonds is 3.